The van der Waals surface area contributed by atoms with Gasteiger partial charge in [0.05, 0.1) is 28.4 Å². The highest BCUT2D eigenvalue weighted by molar-refractivity contribution is 7.16. The number of nitrogens with one attached hydrogen (secondary N) is 2. The minimum Gasteiger partial charge on any atom is -0.468 e. The number of anilines is 2. The second-order valence-electron chi connectivity index (χ2n) is 10.1. The van der Waals surface area contributed by atoms with E-state index in [2.05, 4.69) is 15.4 Å². The molecule has 4 amide bonds. The summed E-state index contributed by atoms with van der Waals surface area (Å²) in [6, 6.07) is 6.01. The number of halogens is 2. The molecule has 0 atom stereocenters. The minimum atomic E-state index is -1.22. The van der Waals surface area contributed by atoms with Crippen LogP contribution in [0, 0.1) is 0 Å². The molecule has 9 nitrogen and oxygen atoms in total. The largest absolute Gasteiger partial charge is 0.468 e. The fourth-order valence-corrected chi connectivity index (χ4v) is 5.30. The van der Waals surface area contributed by atoms with Gasteiger partial charge in [0.2, 0.25) is 5.91 Å². The lowest BCUT2D eigenvalue weighted by Crippen LogP contribution is -2.65. The first-order chi connectivity index (χ1) is 17.2. The zero-order valence-corrected chi connectivity index (χ0v) is 23.9. The maximum Gasteiger partial charge on any atom is 0.325 e. The lowest BCUT2D eigenvalue weighted by molar-refractivity contribution is -0.154. The molecule has 1 aromatic carbocycles. The third-order valence-corrected chi connectivity index (χ3v) is 8.30. The molecule has 1 aliphatic heterocycles. The number of hydrogen-bond donors (Lipinski definition) is 2. The molecule has 2 aromatic rings. The van der Waals surface area contributed by atoms with Gasteiger partial charge in [0.1, 0.15) is 17.1 Å². The van der Waals surface area contributed by atoms with E-state index >= 15 is 0 Å². The molecule has 2 N–H and O–H groups in total. The molecule has 200 valence electrons. The number of amides is 4. The summed E-state index contributed by atoms with van der Waals surface area (Å²) >= 11 is 13.5. The number of esters is 1. The van der Waals surface area contributed by atoms with Crippen molar-refractivity contribution < 1.29 is 23.9 Å². The number of thiophene rings is 1. The van der Waals surface area contributed by atoms with Crippen LogP contribution in [-0.2, 0) is 19.7 Å². The summed E-state index contributed by atoms with van der Waals surface area (Å²) in [6.07, 6.45) is 0. The van der Waals surface area contributed by atoms with Gasteiger partial charge in [-0.05, 0) is 37.5 Å². The molecule has 0 spiro atoms. The second-order valence-corrected chi connectivity index (χ2v) is 11.9. The van der Waals surface area contributed by atoms with Crippen LogP contribution < -0.4 is 10.6 Å². The summed E-state index contributed by atoms with van der Waals surface area (Å²) < 4.78 is 4.68. The quantitative estimate of drug-likeness (QED) is 0.480. The van der Waals surface area contributed by atoms with Crippen LogP contribution in [0.4, 0.5) is 15.5 Å². The average Bonchev–Trinajstić information content (AvgIpc) is 3.24. The van der Waals surface area contributed by atoms with Gasteiger partial charge >= 0.3 is 12.0 Å². The molecule has 1 saturated heterocycles. The van der Waals surface area contributed by atoms with Crippen LogP contribution >= 0.6 is 34.5 Å². The smallest absolute Gasteiger partial charge is 0.325 e. The van der Waals surface area contributed by atoms with Gasteiger partial charge < -0.3 is 19.9 Å². The number of piperazine rings is 1. The number of carbonyl (C=O) groups is 4. The van der Waals surface area contributed by atoms with Gasteiger partial charge in [-0.3, -0.25) is 19.7 Å². The fraction of sp³-hybridized carbons (Fsp3) is 0.440. The number of rotatable bonds is 5. The first kappa shape index (κ1) is 28.7. The summed E-state index contributed by atoms with van der Waals surface area (Å²) in [5.41, 5.74) is -0.928. The van der Waals surface area contributed by atoms with Crippen molar-refractivity contribution in [2.75, 3.05) is 37.4 Å². The third kappa shape index (κ3) is 6.19. The van der Waals surface area contributed by atoms with Crippen molar-refractivity contribution in [3.8, 4) is 0 Å². The molecule has 1 aliphatic rings. The summed E-state index contributed by atoms with van der Waals surface area (Å²) in [7, 11) is 1.26. The lowest BCUT2D eigenvalue weighted by Gasteiger charge is -2.45. The molecule has 12 heteroatoms. The van der Waals surface area contributed by atoms with E-state index in [1.54, 1.807) is 38.1 Å². The van der Waals surface area contributed by atoms with Crippen LogP contribution in [0.15, 0.2) is 24.3 Å². The Labute approximate surface area is 230 Å². The van der Waals surface area contributed by atoms with Gasteiger partial charge in [0, 0.05) is 18.0 Å². The van der Waals surface area contributed by atoms with Gasteiger partial charge in [-0.1, -0.05) is 50.0 Å². The summed E-state index contributed by atoms with van der Waals surface area (Å²) in [5.74, 6) is -1.31. The molecule has 2 heterocycles. The molecular formula is C25H30Cl2N4O5S. The normalized spacial score (nSPS) is 15.4. The molecule has 0 aliphatic carbocycles. The van der Waals surface area contributed by atoms with Crippen LogP contribution in [0.2, 0.25) is 10.0 Å². The third-order valence-electron chi connectivity index (χ3n) is 6.00. The van der Waals surface area contributed by atoms with E-state index in [1.807, 2.05) is 20.8 Å². The standard InChI is InChI=1S/C25H30Cl2N4O5S/c1-24(2,3)17-12-14(20(37-17)29-23(35)28-16-9-7-8-15(26)19(16)27)21(33)31-11-10-30(13-18(32)36-6)22(34)25(31,4)5/h7-9,12H,10-11,13H2,1-6H3,(H2,28,29,35). The number of ether oxygens (including phenoxy) is 1. The Kier molecular flexibility index (Phi) is 8.46. The monoisotopic (exact) mass is 568 g/mol. The van der Waals surface area contributed by atoms with Crippen LogP contribution in [0.3, 0.4) is 0 Å². The van der Waals surface area contributed by atoms with E-state index in [0.717, 1.165) is 4.88 Å². The predicted molar refractivity (Wildman–Crippen MR) is 146 cm³/mol. The molecule has 0 saturated carbocycles. The first-order valence-electron chi connectivity index (χ1n) is 11.5. The Morgan fingerprint density at radius 2 is 1.81 bits per heavy atom. The molecule has 37 heavy (non-hydrogen) atoms. The number of urea groups is 1. The van der Waals surface area contributed by atoms with Crippen molar-refractivity contribution >= 4 is 69.0 Å². The zero-order chi connectivity index (χ0) is 27.7. The molecule has 1 aromatic heterocycles. The summed E-state index contributed by atoms with van der Waals surface area (Å²) in [6.45, 7) is 9.47. The van der Waals surface area contributed by atoms with Gasteiger partial charge in [0.15, 0.2) is 0 Å². The Bertz CT molecular complexity index is 1240. The molecule has 3 rings (SSSR count). The summed E-state index contributed by atoms with van der Waals surface area (Å²) in [4.78, 5) is 55.3. The maximum atomic E-state index is 13.8. The highest BCUT2D eigenvalue weighted by Gasteiger charge is 2.45. The molecule has 0 bridgehead atoms. The number of methoxy groups -OCH3 is 1. The van der Waals surface area contributed by atoms with E-state index < -0.39 is 23.4 Å². The number of carbonyl (C=O) groups excluding carboxylic acids is 4. The maximum absolute atomic E-state index is 13.8. The molecule has 0 radical (unpaired) electrons. The predicted octanol–water partition coefficient (Wildman–Crippen LogP) is 5.23. The molecule has 0 unspecified atom stereocenters. The van der Waals surface area contributed by atoms with E-state index in [4.69, 9.17) is 23.2 Å². The van der Waals surface area contributed by atoms with Crippen LogP contribution in [0.25, 0.3) is 0 Å². The minimum absolute atomic E-state index is 0.176. The lowest BCUT2D eigenvalue weighted by atomic mass is 9.93. The van der Waals surface area contributed by atoms with E-state index in [1.165, 1.54) is 28.2 Å². The molecular weight excluding hydrogens is 539 g/mol. The Morgan fingerprint density at radius 3 is 2.43 bits per heavy atom. The Balaban J connectivity index is 1.90. The van der Waals surface area contributed by atoms with Crippen molar-refractivity contribution in [1.82, 2.24) is 9.80 Å². The highest BCUT2D eigenvalue weighted by Crippen LogP contribution is 2.38. The Morgan fingerprint density at radius 1 is 1.14 bits per heavy atom. The number of benzene rings is 1. The molecule has 1 fully saturated rings. The fourth-order valence-electron chi connectivity index (χ4n) is 3.85. The number of hydrogen-bond acceptors (Lipinski definition) is 6. The van der Waals surface area contributed by atoms with Crippen molar-refractivity contribution in [3.05, 3.63) is 44.8 Å². The first-order valence-corrected chi connectivity index (χ1v) is 13.1. The van der Waals surface area contributed by atoms with E-state index in [9.17, 15) is 19.2 Å². The van der Waals surface area contributed by atoms with E-state index in [0.29, 0.717) is 15.7 Å². The topological polar surface area (TPSA) is 108 Å². The average molecular weight is 570 g/mol. The van der Waals surface area contributed by atoms with Crippen LogP contribution in [0.1, 0.15) is 49.9 Å². The van der Waals surface area contributed by atoms with Crippen molar-refractivity contribution in [2.45, 2.75) is 45.6 Å². The highest BCUT2D eigenvalue weighted by atomic mass is 35.5. The van der Waals surface area contributed by atoms with E-state index in [-0.39, 0.29) is 41.5 Å². The zero-order valence-electron chi connectivity index (χ0n) is 21.5. The van der Waals surface area contributed by atoms with Crippen molar-refractivity contribution in [1.29, 1.82) is 0 Å². The van der Waals surface area contributed by atoms with Crippen molar-refractivity contribution in [2.24, 2.45) is 0 Å². The SMILES string of the molecule is COC(=O)CN1CCN(C(=O)c2cc(C(C)(C)C)sc2NC(=O)Nc2cccc(Cl)c2Cl)C(C)(C)C1=O. The Hall–Kier alpha value is -2.82. The van der Waals surface area contributed by atoms with Crippen LogP contribution in [-0.4, -0.2) is 65.9 Å². The van der Waals surface area contributed by atoms with Crippen LogP contribution in [0.5, 0.6) is 0 Å². The van der Waals surface area contributed by atoms with Gasteiger partial charge in [0.25, 0.3) is 5.91 Å². The summed E-state index contributed by atoms with van der Waals surface area (Å²) in [5, 5.41) is 6.25. The van der Waals surface area contributed by atoms with Gasteiger partial charge in [-0.15, -0.1) is 11.3 Å². The number of nitrogens with zero attached hydrogens (tertiary/aromatic N) is 2. The van der Waals surface area contributed by atoms with Gasteiger partial charge in [-0.25, -0.2) is 4.79 Å². The van der Waals surface area contributed by atoms with Crippen molar-refractivity contribution in [3.63, 3.8) is 0 Å². The second kappa shape index (κ2) is 10.9. The van der Waals surface area contributed by atoms with Gasteiger partial charge in [-0.2, -0.15) is 0 Å².